The molecule has 1 unspecified atom stereocenters. The number of urea groups is 1. The van der Waals surface area contributed by atoms with Crippen LogP contribution in [-0.2, 0) is 9.53 Å². The molecule has 0 radical (unpaired) electrons. The number of carbonyl (C=O) groups is 2. The zero-order chi connectivity index (χ0) is 12.7. The number of hydrogen-bond acceptors (Lipinski definition) is 3. The maximum atomic E-state index is 11.6. The lowest BCUT2D eigenvalue weighted by Crippen LogP contribution is -2.45. The second-order valence-electron chi connectivity index (χ2n) is 3.78. The maximum absolute atomic E-state index is 11.6. The first kappa shape index (κ1) is 13.3. The van der Waals surface area contributed by atoms with Gasteiger partial charge in [-0.1, -0.05) is 5.92 Å². The number of carboxylic acid groups (broad SMARTS) is 1. The second-order valence-corrected chi connectivity index (χ2v) is 3.78. The Balaban J connectivity index is 2.35. The van der Waals surface area contributed by atoms with Gasteiger partial charge in [0.05, 0.1) is 12.6 Å². The molecule has 0 aromatic rings. The van der Waals surface area contributed by atoms with Gasteiger partial charge in [0, 0.05) is 13.2 Å². The Kier molecular flexibility index (Phi) is 5.30. The first-order valence-electron chi connectivity index (χ1n) is 5.43. The summed E-state index contributed by atoms with van der Waals surface area (Å²) in [7, 11) is 0. The van der Waals surface area contributed by atoms with Crippen molar-refractivity contribution in [1.29, 1.82) is 0 Å². The third-order valence-corrected chi connectivity index (χ3v) is 2.40. The highest BCUT2D eigenvalue weighted by atomic mass is 16.5. The van der Waals surface area contributed by atoms with Crippen LogP contribution in [-0.4, -0.2) is 54.4 Å². The highest BCUT2D eigenvalue weighted by Gasteiger charge is 2.19. The van der Waals surface area contributed by atoms with E-state index in [1.54, 1.807) is 0 Å². The van der Waals surface area contributed by atoms with E-state index >= 15 is 0 Å². The summed E-state index contributed by atoms with van der Waals surface area (Å²) in [6.45, 7) is 0.675. The van der Waals surface area contributed by atoms with Crippen LogP contribution in [0, 0.1) is 12.3 Å². The molecule has 1 saturated heterocycles. The van der Waals surface area contributed by atoms with E-state index in [9.17, 15) is 9.59 Å². The van der Waals surface area contributed by atoms with Crippen molar-refractivity contribution in [2.24, 2.45) is 0 Å². The number of aliphatic carboxylic acids is 1. The molecule has 1 atom stereocenters. The van der Waals surface area contributed by atoms with Crippen molar-refractivity contribution < 1.29 is 19.4 Å². The van der Waals surface area contributed by atoms with Gasteiger partial charge in [-0.2, -0.15) is 0 Å². The van der Waals surface area contributed by atoms with Gasteiger partial charge in [-0.25, -0.2) is 4.79 Å². The molecule has 94 valence electrons. The average molecular weight is 240 g/mol. The van der Waals surface area contributed by atoms with Crippen molar-refractivity contribution in [3.63, 3.8) is 0 Å². The molecule has 0 aliphatic carbocycles. The van der Waals surface area contributed by atoms with Gasteiger partial charge in [-0.15, -0.1) is 6.42 Å². The summed E-state index contributed by atoms with van der Waals surface area (Å²) in [4.78, 5) is 23.2. The predicted molar refractivity (Wildman–Crippen MR) is 60.4 cm³/mol. The van der Waals surface area contributed by atoms with Crippen molar-refractivity contribution in [3.05, 3.63) is 0 Å². The lowest BCUT2D eigenvalue weighted by molar-refractivity contribution is -0.137. The molecule has 0 spiro atoms. The van der Waals surface area contributed by atoms with Crippen LogP contribution < -0.4 is 5.32 Å². The third kappa shape index (κ3) is 4.74. The van der Waals surface area contributed by atoms with Crippen molar-refractivity contribution in [2.75, 3.05) is 26.2 Å². The SMILES string of the molecule is C#CCN(CC(=O)O)C(=O)NCC1CCCO1. The van der Waals surface area contributed by atoms with Crippen molar-refractivity contribution in [1.82, 2.24) is 10.2 Å². The van der Waals surface area contributed by atoms with Gasteiger partial charge in [0.25, 0.3) is 0 Å². The molecular weight excluding hydrogens is 224 g/mol. The number of rotatable bonds is 5. The molecular formula is C11H16N2O4. The Hall–Kier alpha value is -1.74. The topological polar surface area (TPSA) is 78.9 Å². The highest BCUT2D eigenvalue weighted by Crippen LogP contribution is 2.10. The molecule has 1 fully saturated rings. The summed E-state index contributed by atoms with van der Waals surface area (Å²) in [5.74, 6) is 1.16. The highest BCUT2D eigenvalue weighted by molar-refractivity contribution is 5.80. The fourth-order valence-corrected chi connectivity index (χ4v) is 1.59. The fourth-order valence-electron chi connectivity index (χ4n) is 1.59. The van der Waals surface area contributed by atoms with Gasteiger partial charge in [0.15, 0.2) is 0 Å². The number of amides is 2. The van der Waals surface area contributed by atoms with Gasteiger partial charge in [-0.3, -0.25) is 4.79 Å². The molecule has 2 N–H and O–H groups in total. The Morgan fingerprint density at radius 2 is 2.35 bits per heavy atom. The largest absolute Gasteiger partial charge is 0.480 e. The molecule has 0 bridgehead atoms. The number of carbonyl (C=O) groups excluding carboxylic acids is 1. The number of nitrogens with zero attached hydrogens (tertiary/aromatic N) is 1. The molecule has 6 nitrogen and oxygen atoms in total. The summed E-state index contributed by atoms with van der Waals surface area (Å²) >= 11 is 0. The number of ether oxygens (including phenoxy) is 1. The summed E-state index contributed by atoms with van der Waals surface area (Å²) < 4.78 is 5.33. The van der Waals surface area contributed by atoms with E-state index in [1.165, 1.54) is 0 Å². The Labute approximate surface area is 99.9 Å². The molecule has 1 rings (SSSR count). The Morgan fingerprint density at radius 3 is 2.88 bits per heavy atom. The minimum atomic E-state index is -1.09. The normalized spacial score (nSPS) is 18.4. The quantitative estimate of drug-likeness (QED) is 0.657. The van der Waals surface area contributed by atoms with Crippen LogP contribution in [0.25, 0.3) is 0 Å². The number of carboxylic acids is 1. The summed E-state index contributed by atoms with van der Waals surface area (Å²) in [5, 5.41) is 11.2. The first-order valence-corrected chi connectivity index (χ1v) is 5.43. The lowest BCUT2D eigenvalue weighted by Gasteiger charge is -2.19. The molecule has 1 heterocycles. The molecule has 6 heteroatoms. The number of terminal acetylenes is 1. The van der Waals surface area contributed by atoms with E-state index in [0.717, 1.165) is 17.7 Å². The van der Waals surface area contributed by atoms with Crippen LogP contribution in [0.15, 0.2) is 0 Å². The van der Waals surface area contributed by atoms with Crippen LogP contribution in [0.5, 0.6) is 0 Å². The first-order chi connectivity index (χ1) is 8.13. The Bertz CT molecular complexity index is 318. The van der Waals surface area contributed by atoms with Crippen molar-refractivity contribution in [3.8, 4) is 12.3 Å². The monoisotopic (exact) mass is 240 g/mol. The Morgan fingerprint density at radius 1 is 1.59 bits per heavy atom. The minimum absolute atomic E-state index is 0.0241. The fraction of sp³-hybridized carbons (Fsp3) is 0.636. The van der Waals surface area contributed by atoms with Gasteiger partial charge in [0.2, 0.25) is 0 Å². The van der Waals surface area contributed by atoms with E-state index in [1.807, 2.05) is 0 Å². The van der Waals surface area contributed by atoms with Crippen LogP contribution >= 0.6 is 0 Å². The molecule has 0 aromatic heterocycles. The van der Waals surface area contributed by atoms with Crippen LogP contribution in [0.4, 0.5) is 4.79 Å². The summed E-state index contributed by atoms with van der Waals surface area (Å²) in [5.41, 5.74) is 0. The van der Waals surface area contributed by atoms with E-state index in [4.69, 9.17) is 16.3 Å². The van der Waals surface area contributed by atoms with Gasteiger partial charge >= 0.3 is 12.0 Å². The lowest BCUT2D eigenvalue weighted by atomic mass is 10.2. The molecule has 2 amide bonds. The zero-order valence-electron chi connectivity index (χ0n) is 9.52. The van der Waals surface area contributed by atoms with Crippen LogP contribution in [0.3, 0.4) is 0 Å². The van der Waals surface area contributed by atoms with E-state index < -0.39 is 18.5 Å². The zero-order valence-corrected chi connectivity index (χ0v) is 9.52. The van der Waals surface area contributed by atoms with E-state index in [2.05, 4.69) is 11.2 Å². The van der Waals surface area contributed by atoms with Gasteiger partial charge < -0.3 is 20.1 Å². The summed E-state index contributed by atoms with van der Waals surface area (Å²) in [6, 6.07) is -0.471. The molecule has 0 aromatic carbocycles. The smallest absolute Gasteiger partial charge is 0.323 e. The second kappa shape index (κ2) is 6.76. The average Bonchev–Trinajstić information content (AvgIpc) is 2.77. The molecule has 17 heavy (non-hydrogen) atoms. The van der Waals surface area contributed by atoms with Gasteiger partial charge in [-0.05, 0) is 12.8 Å². The number of hydrogen-bond donors (Lipinski definition) is 2. The van der Waals surface area contributed by atoms with Crippen LogP contribution in [0.2, 0.25) is 0 Å². The molecule has 1 aliphatic heterocycles. The number of nitrogens with one attached hydrogen (secondary N) is 1. The summed E-state index contributed by atoms with van der Waals surface area (Å²) in [6.07, 6.45) is 7.00. The maximum Gasteiger partial charge on any atom is 0.323 e. The van der Waals surface area contributed by atoms with Crippen LogP contribution in [0.1, 0.15) is 12.8 Å². The minimum Gasteiger partial charge on any atom is -0.480 e. The standard InChI is InChI=1S/C11H16N2O4/c1-2-5-13(8-10(14)15)11(16)12-7-9-4-3-6-17-9/h1,9H,3-8H2,(H,12,16)(H,14,15). The molecule has 1 aliphatic rings. The molecule has 0 saturated carbocycles. The van der Waals surface area contributed by atoms with E-state index in [0.29, 0.717) is 13.2 Å². The third-order valence-electron chi connectivity index (χ3n) is 2.40. The van der Waals surface area contributed by atoms with Crippen molar-refractivity contribution in [2.45, 2.75) is 18.9 Å². The van der Waals surface area contributed by atoms with E-state index in [-0.39, 0.29) is 12.6 Å². The van der Waals surface area contributed by atoms with Gasteiger partial charge in [0.1, 0.15) is 6.54 Å². The van der Waals surface area contributed by atoms with Crippen molar-refractivity contribution >= 4 is 12.0 Å². The predicted octanol–water partition coefficient (Wildman–Crippen LogP) is -0.105.